The van der Waals surface area contributed by atoms with Crippen molar-refractivity contribution in [2.24, 2.45) is 5.73 Å². The van der Waals surface area contributed by atoms with E-state index in [1.165, 1.54) is 6.07 Å². The van der Waals surface area contributed by atoms with Crippen LogP contribution in [0, 0.1) is 0 Å². The molecule has 0 unspecified atom stereocenters. The molecule has 2 amide bonds. The van der Waals surface area contributed by atoms with Crippen molar-refractivity contribution in [2.75, 3.05) is 0 Å². The first-order valence-electron chi connectivity index (χ1n) is 5.74. The number of hydrogen-bond donors (Lipinski definition) is 2. The Morgan fingerprint density at radius 1 is 1.05 bits per heavy atom. The normalized spacial score (nSPS) is 9.89. The lowest BCUT2D eigenvalue weighted by molar-refractivity contribution is 0.0934. The van der Waals surface area contributed by atoms with Crippen LogP contribution in [-0.4, -0.2) is 16.8 Å². The fourth-order valence-corrected chi connectivity index (χ4v) is 1.67. The molecule has 0 saturated heterocycles. The first kappa shape index (κ1) is 12.8. The summed E-state index contributed by atoms with van der Waals surface area (Å²) in [7, 11) is 0. The number of nitrogens with zero attached hydrogens (tertiary/aromatic N) is 1. The van der Waals surface area contributed by atoms with E-state index >= 15 is 0 Å². The van der Waals surface area contributed by atoms with Crippen molar-refractivity contribution >= 4 is 11.8 Å². The maximum Gasteiger partial charge on any atom is 0.252 e. The van der Waals surface area contributed by atoms with Crippen LogP contribution in [0.5, 0.6) is 0 Å². The monoisotopic (exact) mass is 255 g/mol. The largest absolute Gasteiger partial charge is 0.366 e. The van der Waals surface area contributed by atoms with Gasteiger partial charge in [-0.25, -0.2) is 0 Å². The average molecular weight is 255 g/mol. The Morgan fingerprint density at radius 2 is 1.68 bits per heavy atom. The van der Waals surface area contributed by atoms with Crippen LogP contribution >= 0.6 is 0 Å². The Morgan fingerprint density at radius 3 is 2.32 bits per heavy atom. The zero-order valence-corrected chi connectivity index (χ0v) is 10.2. The molecule has 0 bridgehead atoms. The smallest absolute Gasteiger partial charge is 0.252 e. The van der Waals surface area contributed by atoms with Crippen LogP contribution in [0.4, 0.5) is 0 Å². The van der Waals surface area contributed by atoms with Gasteiger partial charge in [0, 0.05) is 18.9 Å². The Balaban J connectivity index is 2.10. The number of hydrogen-bond acceptors (Lipinski definition) is 3. The van der Waals surface area contributed by atoms with E-state index in [1.54, 1.807) is 42.7 Å². The van der Waals surface area contributed by atoms with Crippen molar-refractivity contribution in [1.82, 2.24) is 10.3 Å². The lowest BCUT2D eigenvalue weighted by Crippen LogP contribution is -2.26. The molecule has 0 atom stereocenters. The molecule has 0 saturated carbocycles. The minimum Gasteiger partial charge on any atom is -0.366 e. The summed E-state index contributed by atoms with van der Waals surface area (Å²) in [5, 5.41) is 2.74. The number of pyridine rings is 1. The summed E-state index contributed by atoms with van der Waals surface area (Å²) in [5.74, 6) is -0.944. The second-order valence-corrected chi connectivity index (χ2v) is 3.95. The van der Waals surface area contributed by atoms with E-state index in [0.29, 0.717) is 6.54 Å². The van der Waals surface area contributed by atoms with Crippen LogP contribution in [0.1, 0.15) is 26.3 Å². The molecule has 1 heterocycles. The van der Waals surface area contributed by atoms with Crippen molar-refractivity contribution in [3.63, 3.8) is 0 Å². The average Bonchev–Trinajstić information content (AvgIpc) is 2.46. The van der Waals surface area contributed by atoms with Gasteiger partial charge in [0.25, 0.3) is 5.91 Å². The topological polar surface area (TPSA) is 85.1 Å². The molecule has 0 radical (unpaired) electrons. The van der Waals surface area contributed by atoms with Gasteiger partial charge in [-0.3, -0.25) is 14.6 Å². The summed E-state index contributed by atoms with van der Waals surface area (Å²) < 4.78 is 0. The highest BCUT2D eigenvalue weighted by Gasteiger charge is 2.13. The Labute approximate surface area is 110 Å². The molecular formula is C14H13N3O2. The SMILES string of the molecule is NC(=O)c1ccccc1C(=O)NCc1ccncc1. The summed E-state index contributed by atoms with van der Waals surface area (Å²) in [5.41, 5.74) is 6.66. The lowest BCUT2D eigenvalue weighted by Gasteiger charge is -2.08. The van der Waals surface area contributed by atoms with Crippen molar-refractivity contribution in [2.45, 2.75) is 6.54 Å². The fraction of sp³-hybridized carbons (Fsp3) is 0.0714. The standard InChI is InChI=1S/C14H13N3O2/c15-13(18)11-3-1-2-4-12(11)14(19)17-9-10-5-7-16-8-6-10/h1-8H,9H2,(H2,15,18)(H,17,19). The van der Waals surface area contributed by atoms with Crippen molar-refractivity contribution in [1.29, 1.82) is 0 Å². The van der Waals surface area contributed by atoms with Crippen molar-refractivity contribution < 1.29 is 9.59 Å². The number of nitrogens with two attached hydrogens (primary N) is 1. The third kappa shape index (κ3) is 3.16. The van der Waals surface area contributed by atoms with Gasteiger partial charge in [0.05, 0.1) is 11.1 Å². The molecule has 5 heteroatoms. The molecular weight excluding hydrogens is 242 g/mol. The summed E-state index contributed by atoms with van der Waals surface area (Å²) >= 11 is 0. The molecule has 3 N–H and O–H groups in total. The molecule has 1 aromatic heterocycles. The van der Waals surface area contributed by atoms with E-state index in [0.717, 1.165) is 5.56 Å². The minimum absolute atomic E-state index is 0.217. The zero-order valence-electron chi connectivity index (χ0n) is 10.2. The van der Waals surface area contributed by atoms with Crippen molar-refractivity contribution in [3.05, 3.63) is 65.5 Å². The summed E-state index contributed by atoms with van der Waals surface area (Å²) in [6, 6.07) is 10.1. The highest BCUT2D eigenvalue weighted by Crippen LogP contribution is 2.08. The molecule has 19 heavy (non-hydrogen) atoms. The van der Waals surface area contributed by atoms with E-state index in [2.05, 4.69) is 10.3 Å². The lowest BCUT2D eigenvalue weighted by atomic mass is 10.1. The van der Waals surface area contributed by atoms with Crippen LogP contribution in [0.3, 0.4) is 0 Å². The molecule has 0 aliphatic carbocycles. The predicted octanol–water partition coefficient (Wildman–Crippen LogP) is 1.11. The number of amides is 2. The molecule has 0 fully saturated rings. The first-order chi connectivity index (χ1) is 9.18. The van der Waals surface area contributed by atoms with E-state index in [9.17, 15) is 9.59 Å². The quantitative estimate of drug-likeness (QED) is 0.858. The third-order valence-electron chi connectivity index (χ3n) is 2.64. The maximum absolute atomic E-state index is 12.0. The van der Waals surface area contributed by atoms with Crippen LogP contribution < -0.4 is 11.1 Å². The van der Waals surface area contributed by atoms with Gasteiger partial charge in [-0.2, -0.15) is 0 Å². The molecule has 0 aliphatic rings. The number of rotatable bonds is 4. The highest BCUT2D eigenvalue weighted by molar-refractivity contribution is 6.06. The molecule has 2 aromatic rings. The van der Waals surface area contributed by atoms with Gasteiger partial charge in [-0.15, -0.1) is 0 Å². The Bertz CT molecular complexity index is 597. The third-order valence-corrected chi connectivity index (χ3v) is 2.64. The van der Waals surface area contributed by atoms with Crippen molar-refractivity contribution in [3.8, 4) is 0 Å². The van der Waals surface area contributed by atoms with E-state index in [-0.39, 0.29) is 17.0 Å². The van der Waals surface area contributed by atoms with Gasteiger partial charge in [0.1, 0.15) is 0 Å². The van der Waals surface area contributed by atoms with Gasteiger partial charge in [0.2, 0.25) is 5.91 Å². The Kier molecular flexibility index (Phi) is 3.87. The number of primary amides is 1. The van der Waals surface area contributed by atoms with E-state index in [4.69, 9.17) is 5.73 Å². The van der Waals surface area contributed by atoms with Gasteiger partial charge >= 0.3 is 0 Å². The number of carbonyl (C=O) groups is 2. The summed E-state index contributed by atoms with van der Waals surface area (Å²) in [6.45, 7) is 0.369. The van der Waals surface area contributed by atoms with E-state index < -0.39 is 5.91 Å². The predicted molar refractivity (Wildman–Crippen MR) is 70.4 cm³/mol. The van der Waals surface area contributed by atoms with Gasteiger partial charge in [-0.05, 0) is 29.8 Å². The van der Waals surface area contributed by atoms with Crippen LogP contribution in [0.15, 0.2) is 48.8 Å². The molecule has 2 rings (SSSR count). The number of aromatic nitrogens is 1. The van der Waals surface area contributed by atoms with Crippen LogP contribution in [0.2, 0.25) is 0 Å². The second-order valence-electron chi connectivity index (χ2n) is 3.95. The van der Waals surface area contributed by atoms with Crippen LogP contribution in [-0.2, 0) is 6.54 Å². The molecule has 5 nitrogen and oxygen atoms in total. The summed E-state index contributed by atoms with van der Waals surface area (Å²) in [6.07, 6.45) is 3.30. The summed E-state index contributed by atoms with van der Waals surface area (Å²) in [4.78, 5) is 27.1. The molecule has 0 spiro atoms. The number of carbonyl (C=O) groups excluding carboxylic acids is 2. The minimum atomic E-state index is -0.616. The van der Waals surface area contributed by atoms with Crippen LogP contribution in [0.25, 0.3) is 0 Å². The maximum atomic E-state index is 12.0. The number of nitrogens with one attached hydrogen (secondary N) is 1. The zero-order chi connectivity index (χ0) is 13.7. The molecule has 96 valence electrons. The van der Waals surface area contributed by atoms with Gasteiger partial charge < -0.3 is 11.1 Å². The molecule has 1 aromatic carbocycles. The fourth-order valence-electron chi connectivity index (χ4n) is 1.67. The molecule has 0 aliphatic heterocycles. The van der Waals surface area contributed by atoms with Gasteiger partial charge in [-0.1, -0.05) is 12.1 Å². The van der Waals surface area contributed by atoms with Gasteiger partial charge in [0.15, 0.2) is 0 Å². The number of benzene rings is 1. The van der Waals surface area contributed by atoms with E-state index in [1.807, 2.05) is 0 Å². The second kappa shape index (κ2) is 5.77. The first-order valence-corrected chi connectivity index (χ1v) is 5.74. The Hall–Kier alpha value is -2.69. The highest BCUT2D eigenvalue weighted by atomic mass is 16.2.